The fourth-order valence-corrected chi connectivity index (χ4v) is 10.0. The predicted octanol–water partition coefficient (Wildman–Crippen LogP) is 15.2. The minimum absolute atomic E-state index is 0.636. The molecule has 0 fully saturated rings. The van der Waals surface area contributed by atoms with Gasteiger partial charge < -0.3 is 0 Å². The average Bonchev–Trinajstić information content (AvgIpc) is 3.67. The molecule has 274 valence electrons. The second kappa shape index (κ2) is 13.6. The highest BCUT2D eigenvalue weighted by atomic mass is 32.1. The lowest BCUT2D eigenvalue weighted by molar-refractivity contribution is 1.08. The third-order valence-corrected chi connectivity index (χ3v) is 12.8. The third kappa shape index (κ3) is 5.60. The van der Waals surface area contributed by atoms with Crippen LogP contribution in [-0.2, 0) is 0 Å². The van der Waals surface area contributed by atoms with Gasteiger partial charge in [0.15, 0.2) is 17.5 Å². The number of hydrogen-bond donors (Lipinski definition) is 0. The molecule has 0 unspecified atom stereocenters. The first-order valence-electron chi connectivity index (χ1n) is 19.9. The lowest BCUT2D eigenvalue weighted by atomic mass is 9.89. The van der Waals surface area contributed by atoms with Gasteiger partial charge in [0.25, 0.3) is 0 Å². The largest absolute Gasteiger partial charge is 0.208 e. The standard InChI is InChI=1S/C55H33N3S/c1-3-13-34(14-4-1)36-23-27-38(28-24-36)53-56-54(39-29-25-37(26-30-39)35-15-5-2-6-16-35)58-55(57-53)52-50-45-22-12-11-20-43(45)42-19-9-10-21-44(42)46(50)33-49-51(52)47-31-40-17-7-8-18-41(40)32-48(47)59-49/h1-33H. The van der Waals surface area contributed by atoms with Gasteiger partial charge in [0.2, 0.25) is 0 Å². The molecule has 0 spiro atoms. The van der Waals surface area contributed by atoms with Gasteiger partial charge in [-0.1, -0.05) is 182 Å². The second-order valence-corrected chi connectivity index (χ2v) is 16.2. The summed E-state index contributed by atoms with van der Waals surface area (Å²) in [6.45, 7) is 0. The highest BCUT2D eigenvalue weighted by Gasteiger charge is 2.23. The van der Waals surface area contributed by atoms with E-state index in [-0.39, 0.29) is 0 Å². The smallest absolute Gasteiger partial charge is 0.165 e. The van der Waals surface area contributed by atoms with Crippen molar-refractivity contribution in [3.63, 3.8) is 0 Å². The average molecular weight is 768 g/mol. The highest BCUT2D eigenvalue weighted by molar-refractivity contribution is 7.26. The van der Waals surface area contributed by atoms with E-state index in [4.69, 9.17) is 15.0 Å². The van der Waals surface area contributed by atoms with Crippen LogP contribution in [0, 0.1) is 0 Å². The first kappa shape index (κ1) is 33.6. The molecule has 59 heavy (non-hydrogen) atoms. The first-order chi connectivity index (χ1) is 29.2. The quantitative estimate of drug-likeness (QED) is 0.164. The molecular formula is C55H33N3S. The fourth-order valence-electron chi connectivity index (χ4n) is 8.86. The topological polar surface area (TPSA) is 38.7 Å². The molecule has 4 heteroatoms. The maximum Gasteiger partial charge on any atom is 0.165 e. The Morgan fingerprint density at radius 2 is 0.695 bits per heavy atom. The molecule has 0 aliphatic heterocycles. The summed E-state index contributed by atoms with van der Waals surface area (Å²) < 4.78 is 2.45. The van der Waals surface area contributed by atoms with E-state index in [1.807, 2.05) is 23.5 Å². The molecule has 10 aromatic carbocycles. The van der Waals surface area contributed by atoms with Gasteiger partial charge in [-0.3, -0.25) is 0 Å². The second-order valence-electron chi connectivity index (χ2n) is 15.1. The van der Waals surface area contributed by atoms with Crippen LogP contribution in [0.15, 0.2) is 200 Å². The molecule has 0 saturated carbocycles. The van der Waals surface area contributed by atoms with Gasteiger partial charge in [-0.15, -0.1) is 11.3 Å². The molecule has 0 aliphatic carbocycles. The molecule has 2 aromatic heterocycles. The van der Waals surface area contributed by atoms with Crippen molar-refractivity contribution >= 4 is 74.6 Å². The number of nitrogens with zero attached hydrogens (tertiary/aromatic N) is 3. The molecule has 0 bridgehead atoms. The summed E-state index contributed by atoms with van der Waals surface area (Å²) in [4.78, 5) is 16.2. The Hall–Kier alpha value is -7.53. The van der Waals surface area contributed by atoms with E-state index in [2.05, 4.69) is 188 Å². The zero-order chi connectivity index (χ0) is 38.9. The maximum absolute atomic E-state index is 5.49. The molecule has 0 radical (unpaired) electrons. The Morgan fingerprint density at radius 1 is 0.271 bits per heavy atom. The van der Waals surface area contributed by atoms with E-state index in [0.717, 1.165) is 33.2 Å². The zero-order valence-electron chi connectivity index (χ0n) is 31.8. The van der Waals surface area contributed by atoms with Crippen LogP contribution in [0.25, 0.3) is 120 Å². The van der Waals surface area contributed by atoms with Gasteiger partial charge in [-0.2, -0.15) is 0 Å². The van der Waals surface area contributed by atoms with Crippen LogP contribution in [-0.4, -0.2) is 15.0 Å². The SMILES string of the molecule is c1ccc(-c2ccc(-c3nc(-c4ccc(-c5ccccc5)cc4)nc(-c4c5c(cc6c7ccccc7c7ccccc7c46)sc4cc6ccccc6cc45)n3)cc2)cc1. The molecule has 12 aromatic rings. The number of rotatable bonds is 5. The summed E-state index contributed by atoms with van der Waals surface area (Å²) in [6, 6.07) is 71.5. The van der Waals surface area contributed by atoms with Crippen LogP contribution in [0.1, 0.15) is 0 Å². The molecule has 0 aliphatic rings. The Bertz CT molecular complexity index is 3470. The molecule has 2 heterocycles. The summed E-state index contributed by atoms with van der Waals surface area (Å²) in [5, 5.41) is 12.0. The van der Waals surface area contributed by atoms with E-state index in [1.165, 1.54) is 69.0 Å². The molecule has 0 N–H and O–H groups in total. The number of aromatic nitrogens is 3. The lowest BCUT2D eigenvalue weighted by Crippen LogP contribution is -2.01. The van der Waals surface area contributed by atoms with Crippen molar-refractivity contribution in [2.24, 2.45) is 0 Å². The van der Waals surface area contributed by atoms with E-state index in [0.29, 0.717) is 17.5 Å². The van der Waals surface area contributed by atoms with Gasteiger partial charge in [0.05, 0.1) is 0 Å². The van der Waals surface area contributed by atoms with E-state index in [9.17, 15) is 0 Å². The molecule has 0 saturated heterocycles. The van der Waals surface area contributed by atoms with Crippen molar-refractivity contribution < 1.29 is 0 Å². The molecule has 3 nitrogen and oxygen atoms in total. The Kier molecular flexibility index (Phi) is 7.72. The minimum Gasteiger partial charge on any atom is -0.208 e. The number of benzene rings is 10. The summed E-state index contributed by atoms with van der Waals surface area (Å²) in [5.74, 6) is 1.93. The van der Waals surface area contributed by atoms with Crippen molar-refractivity contribution in [1.29, 1.82) is 0 Å². The van der Waals surface area contributed by atoms with E-state index >= 15 is 0 Å². The summed E-state index contributed by atoms with van der Waals surface area (Å²) in [7, 11) is 0. The minimum atomic E-state index is 0.636. The predicted molar refractivity (Wildman–Crippen MR) is 250 cm³/mol. The summed E-state index contributed by atoms with van der Waals surface area (Å²) in [5.41, 5.74) is 7.53. The molecule has 0 atom stereocenters. The van der Waals surface area contributed by atoms with Crippen LogP contribution in [0.2, 0.25) is 0 Å². The fraction of sp³-hybridized carbons (Fsp3) is 0. The van der Waals surface area contributed by atoms with Crippen LogP contribution >= 0.6 is 11.3 Å². The van der Waals surface area contributed by atoms with Gasteiger partial charge in [-0.05, 0) is 78.2 Å². The molecule has 12 rings (SSSR count). The number of fused-ring (bicyclic) bond motifs is 10. The van der Waals surface area contributed by atoms with Crippen molar-refractivity contribution in [1.82, 2.24) is 15.0 Å². The van der Waals surface area contributed by atoms with Crippen molar-refractivity contribution in [3.05, 3.63) is 200 Å². The lowest BCUT2D eigenvalue weighted by Gasteiger charge is -2.16. The molecule has 0 amide bonds. The Labute approximate surface area is 344 Å². The Morgan fingerprint density at radius 3 is 1.27 bits per heavy atom. The third-order valence-electron chi connectivity index (χ3n) is 11.7. The van der Waals surface area contributed by atoms with Crippen molar-refractivity contribution in [3.8, 4) is 56.4 Å². The summed E-state index contributed by atoms with van der Waals surface area (Å²) >= 11 is 1.84. The number of thiophene rings is 1. The Balaban J connectivity index is 1.19. The normalized spacial score (nSPS) is 11.7. The van der Waals surface area contributed by atoms with Crippen molar-refractivity contribution in [2.75, 3.05) is 0 Å². The zero-order valence-corrected chi connectivity index (χ0v) is 32.6. The van der Waals surface area contributed by atoms with Gasteiger partial charge in [0, 0.05) is 42.2 Å². The number of hydrogen-bond acceptors (Lipinski definition) is 4. The van der Waals surface area contributed by atoms with Gasteiger partial charge >= 0.3 is 0 Å². The van der Waals surface area contributed by atoms with Crippen molar-refractivity contribution in [2.45, 2.75) is 0 Å². The van der Waals surface area contributed by atoms with Crippen LogP contribution in [0.4, 0.5) is 0 Å². The monoisotopic (exact) mass is 767 g/mol. The first-order valence-corrected chi connectivity index (χ1v) is 20.7. The molecular weight excluding hydrogens is 735 g/mol. The van der Waals surface area contributed by atoms with E-state index < -0.39 is 0 Å². The highest BCUT2D eigenvalue weighted by Crippen LogP contribution is 2.49. The van der Waals surface area contributed by atoms with Gasteiger partial charge in [-0.25, -0.2) is 15.0 Å². The summed E-state index contributed by atoms with van der Waals surface area (Å²) in [6.07, 6.45) is 0. The maximum atomic E-state index is 5.49. The van der Waals surface area contributed by atoms with Crippen LogP contribution in [0.5, 0.6) is 0 Å². The van der Waals surface area contributed by atoms with Crippen LogP contribution in [0.3, 0.4) is 0 Å². The van der Waals surface area contributed by atoms with E-state index in [1.54, 1.807) is 0 Å². The van der Waals surface area contributed by atoms with Crippen LogP contribution < -0.4 is 0 Å². The van der Waals surface area contributed by atoms with Gasteiger partial charge in [0.1, 0.15) is 0 Å².